The minimum absolute atomic E-state index is 0.0340. The summed E-state index contributed by atoms with van der Waals surface area (Å²) in [7, 11) is -3.69. The van der Waals surface area contributed by atoms with Crippen LogP contribution in [0, 0.1) is 5.82 Å². The molecule has 2 aromatic rings. The fourth-order valence-corrected chi connectivity index (χ4v) is 3.23. The molecule has 2 rings (SSSR count). The Morgan fingerprint density at radius 3 is 2.23 bits per heavy atom. The minimum Gasteiger partial charge on any atom is -0.494 e. The van der Waals surface area contributed by atoms with Gasteiger partial charge < -0.3 is 4.74 Å². The molecule has 0 aliphatic heterocycles. The quantitative estimate of drug-likeness (QED) is 0.888. The Bertz CT molecular complexity index is 712. The lowest BCUT2D eigenvalue weighted by atomic mass is 10.1. The third-order valence-electron chi connectivity index (χ3n) is 3.15. The van der Waals surface area contributed by atoms with Gasteiger partial charge in [0.25, 0.3) is 0 Å². The molecule has 0 radical (unpaired) electrons. The second kappa shape index (κ2) is 6.89. The molecule has 1 N–H and O–H groups in total. The Balaban J connectivity index is 2.13. The highest BCUT2D eigenvalue weighted by Crippen LogP contribution is 2.20. The Morgan fingerprint density at radius 2 is 1.68 bits per heavy atom. The lowest BCUT2D eigenvalue weighted by Crippen LogP contribution is -2.26. The first-order valence-electron chi connectivity index (χ1n) is 6.93. The SMILES string of the molecule is CCOc1ccc([C@@H](C)NS(=O)(=O)c2ccc(F)cc2)cc1. The summed E-state index contributed by atoms with van der Waals surface area (Å²) in [6, 6.07) is 11.5. The molecule has 0 aliphatic carbocycles. The lowest BCUT2D eigenvalue weighted by molar-refractivity contribution is 0.340. The van der Waals surface area contributed by atoms with Gasteiger partial charge in [-0.25, -0.2) is 17.5 Å². The van der Waals surface area contributed by atoms with Gasteiger partial charge in [-0.3, -0.25) is 0 Å². The van der Waals surface area contributed by atoms with Crippen molar-refractivity contribution in [1.29, 1.82) is 0 Å². The number of hydrogen-bond acceptors (Lipinski definition) is 3. The number of sulfonamides is 1. The van der Waals surface area contributed by atoms with Gasteiger partial charge in [-0.15, -0.1) is 0 Å². The molecule has 0 saturated heterocycles. The predicted molar refractivity (Wildman–Crippen MR) is 82.7 cm³/mol. The van der Waals surface area contributed by atoms with Crippen molar-refractivity contribution in [2.45, 2.75) is 24.8 Å². The number of rotatable bonds is 6. The van der Waals surface area contributed by atoms with E-state index in [2.05, 4.69) is 4.72 Å². The van der Waals surface area contributed by atoms with Crippen LogP contribution in [0.15, 0.2) is 53.4 Å². The Labute approximate surface area is 130 Å². The van der Waals surface area contributed by atoms with Crippen molar-refractivity contribution in [3.8, 4) is 5.75 Å². The van der Waals surface area contributed by atoms with Crippen LogP contribution in [-0.4, -0.2) is 15.0 Å². The van der Waals surface area contributed by atoms with E-state index in [1.54, 1.807) is 19.1 Å². The summed E-state index contributed by atoms with van der Waals surface area (Å²) in [5, 5.41) is 0. The molecule has 118 valence electrons. The smallest absolute Gasteiger partial charge is 0.241 e. The van der Waals surface area contributed by atoms with E-state index >= 15 is 0 Å². The fourth-order valence-electron chi connectivity index (χ4n) is 2.00. The van der Waals surface area contributed by atoms with Crippen LogP contribution in [0.4, 0.5) is 4.39 Å². The van der Waals surface area contributed by atoms with E-state index in [0.29, 0.717) is 6.61 Å². The highest BCUT2D eigenvalue weighted by Gasteiger charge is 2.18. The van der Waals surface area contributed by atoms with Gasteiger partial charge in [0, 0.05) is 6.04 Å². The average molecular weight is 323 g/mol. The third-order valence-corrected chi connectivity index (χ3v) is 4.70. The molecule has 6 heteroatoms. The summed E-state index contributed by atoms with van der Waals surface area (Å²) in [4.78, 5) is 0.0340. The highest BCUT2D eigenvalue weighted by molar-refractivity contribution is 7.89. The molecule has 1 atom stereocenters. The predicted octanol–water partition coefficient (Wildman–Crippen LogP) is 3.26. The van der Waals surface area contributed by atoms with Crippen LogP contribution >= 0.6 is 0 Å². The number of benzene rings is 2. The number of nitrogens with one attached hydrogen (secondary N) is 1. The van der Waals surface area contributed by atoms with Crippen LogP contribution in [-0.2, 0) is 10.0 Å². The fraction of sp³-hybridized carbons (Fsp3) is 0.250. The summed E-state index contributed by atoms with van der Waals surface area (Å²) in [5.74, 6) is 0.262. The van der Waals surface area contributed by atoms with E-state index < -0.39 is 21.9 Å². The van der Waals surface area contributed by atoms with E-state index in [1.165, 1.54) is 12.1 Å². The highest BCUT2D eigenvalue weighted by atomic mass is 32.2. The molecule has 0 heterocycles. The van der Waals surface area contributed by atoms with E-state index in [4.69, 9.17) is 4.74 Å². The molecule has 0 spiro atoms. The van der Waals surface area contributed by atoms with Crippen LogP contribution in [0.3, 0.4) is 0 Å². The zero-order valence-electron chi connectivity index (χ0n) is 12.4. The summed E-state index contributed by atoms with van der Waals surface area (Å²) in [6.45, 7) is 4.22. The molecule has 4 nitrogen and oxygen atoms in total. The monoisotopic (exact) mass is 323 g/mol. The van der Waals surface area contributed by atoms with Crippen molar-refractivity contribution >= 4 is 10.0 Å². The summed E-state index contributed by atoms with van der Waals surface area (Å²) < 4.78 is 45.3. The molecule has 0 unspecified atom stereocenters. The van der Waals surface area contributed by atoms with Gasteiger partial charge in [-0.05, 0) is 55.8 Å². The van der Waals surface area contributed by atoms with Crippen molar-refractivity contribution in [3.63, 3.8) is 0 Å². The average Bonchev–Trinajstić information content (AvgIpc) is 2.48. The maximum absolute atomic E-state index is 12.9. The molecule has 0 amide bonds. The van der Waals surface area contributed by atoms with E-state index in [0.717, 1.165) is 23.4 Å². The van der Waals surface area contributed by atoms with Crippen LogP contribution < -0.4 is 9.46 Å². The van der Waals surface area contributed by atoms with Gasteiger partial charge in [0.1, 0.15) is 11.6 Å². The molecule has 0 bridgehead atoms. The van der Waals surface area contributed by atoms with E-state index in [-0.39, 0.29) is 4.90 Å². The van der Waals surface area contributed by atoms with Crippen LogP contribution in [0.5, 0.6) is 5.75 Å². The topological polar surface area (TPSA) is 55.4 Å². The molecule has 2 aromatic carbocycles. The first-order valence-corrected chi connectivity index (χ1v) is 8.41. The minimum atomic E-state index is -3.69. The number of hydrogen-bond donors (Lipinski definition) is 1. The van der Waals surface area contributed by atoms with E-state index in [9.17, 15) is 12.8 Å². The van der Waals surface area contributed by atoms with Gasteiger partial charge in [-0.2, -0.15) is 0 Å². The molecular weight excluding hydrogens is 305 g/mol. The van der Waals surface area contributed by atoms with Crippen molar-refractivity contribution in [1.82, 2.24) is 4.72 Å². The molecule has 0 saturated carbocycles. The lowest BCUT2D eigenvalue weighted by Gasteiger charge is -2.15. The molecule has 22 heavy (non-hydrogen) atoms. The van der Waals surface area contributed by atoms with Crippen molar-refractivity contribution in [2.24, 2.45) is 0 Å². The second-order valence-electron chi connectivity index (χ2n) is 4.80. The third kappa shape index (κ3) is 4.05. The van der Waals surface area contributed by atoms with Gasteiger partial charge >= 0.3 is 0 Å². The molecule has 0 fully saturated rings. The van der Waals surface area contributed by atoms with Gasteiger partial charge in [0.15, 0.2) is 0 Å². The first kappa shape index (κ1) is 16.5. The van der Waals surface area contributed by atoms with Crippen molar-refractivity contribution in [3.05, 3.63) is 59.9 Å². The zero-order chi connectivity index (χ0) is 16.2. The van der Waals surface area contributed by atoms with Crippen molar-refractivity contribution in [2.75, 3.05) is 6.61 Å². The van der Waals surface area contributed by atoms with Gasteiger partial charge in [-0.1, -0.05) is 12.1 Å². The standard InChI is InChI=1S/C16H18FNO3S/c1-3-21-15-8-4-13(5-9-15)12(2)18-22(19,20)16-10-6-14(17)7-11-16/h4-12,18H,3H2,1-2H3/t12-/m1/s1. The maximum Gasteiger partial charge on any atom is 0.241 e. The van der Waals surface area contributed by atoms with Crippen LogP contribution in [0.1, 0.15) is 25.5 Å². The number of ether oxygens (including phenoxy) is 1. The number of halogens is 1. The van der Waals surface area contributed by atoms with Crippen LogP contribution in [0.2, 0.25) is 0 Å². The van der Waals surface area contributed by atoms with Crippen LogP contribution in [0.25, 0.3) is 0 Å². The molecular formula is C16H18FNO3S. The molecule has 0 aromatic heterocycles. The van der Waals surface area contributed by atoms with Crippen molar-refractivity contribution < 1.29 is 17.5 Å². The maximum atomic E-state index is 12.9. The Morgan fingerprint density at radius 1 is 1.09 bits per heavy atom. The summed E-state index contributed by atoms with van der Waals surface area (Å²) in [6.07, 6.45) is 0. The Kier molecular flexibility index (Phi) is 5.15. The largest absolute Gasteiger partial charge is 0.494 e. The Hall–Kier alpha value is -1.92. The summed E-state index contributed by atoms with van der Waals surface area (Å²) in [5.41, 5.74) is 0.814. The van der Waals surface area contributed by atoms with E-state index in [1.807, 2.05) is 19.1 Å². The first-order chi connectivity index (χ1) is 10.4. The second-order valence-corrected chi connectivity index (χ2v) is 6.51. The van der Waals surface area contributed by atoms with Gasteiger partial charge in [0.05, 0.1) is 11.5 Å². The summed E-state index contributed by atoms with van der Waals surface area (Å²) >= 11 is 0. The zero-order valence-corrected chi connectivity index (χ0v) is 13.2. The normalized spacial score (nSPS) is 12.9. The molecule has 0 aliphatic rings. The van der Waals surface area contributed by atoms with Gasteiger partial charge in [0.2, 0.25) is 10.0 Å².